The molecule has 1 unspecified atom stereocenters. The van der Waals surface area contributed by atoms with E-state index in [2.05, 4.69) is 48.9 Å². The van der Waals surface area contributed by atoms with Crippen LogP contribution in [0.25, 0.3) is 0 Å². The van der Waals surface area contributed by atoms with Crippen molar-refractivity contribution in [2.75, 3.05) is 5.33 Å². The van der Waals surface area contributed by atoms with E-state index in [9.17, 15) is 4.79 Å². The zero-order chi connectivity index (χ0) is 13.8. The van der Waals surface area contributed by atoms with E-state index in [0.29, 0.717) is 5.91 Å². The van der Waals surface area contributed by atoms with E-state index >= 15 is 0 Å². The monoisotopic (exact) mass is 317 g/mol. The van der Waals surface area contributed by atoms with Gasteiger partial charge >= 0.3 is 0 Å². The number of nitrogens with one attached hydrogen (secondary N) is 1. The lowest BCUT2D eigenvalue weighted by Gasteiger charge is -2.35. The van der Waals surface area contributed by atoms with Gasteiger partial charge in [0.05, 0.1) is 0 Å². The molecule has 0 saturated heterocycles. The Morgan fingerprint density at radius 2 is 1.89 bits per heavy atom. The van der Waals surface area contributed by atoms with E-state index in [4.69, 9.17) is 0 Å². The van der Waals surface area contributed by atoms with Crippen LogP contribution >= 0.6 is 15.9 Å². The molecule has 1 amide bonds. The summed E-state index contributed by atoms with van der Waals surface area (Å²) >= 11 is 3.50. The fourth-order valence-electron chi connectivity index (χ4n) is 2.94. The Morgan fingerprint density at radius 3 is 2.28 bits per heavy atom. The zero-order valence-electron chi connectivity index (χ0n) is 12.3. The molecule has 1 rings (SSSR count). The van der Waals surface area contributed by atoms with Gasteiger partial charge in [-0.25, -0.2) is 0 Å². The highest BCUT2D eigenvalue weighted by Gasteiger charge is 2.41. The van der Waals surface area contributed by atoms with Gasteiger partial charge in [0.1, 0.15) is 0 Å². The lowest BCUT2D eigenvalue weighted by atomic mass is 9.80. The second kappa shape index (κ2) is 6.40. The summed E-state index contributed by atoms with van der Waals surface area (Å²) in [5, 5.41) is 4.26. The number of carbonyl (C=O) groups is 1. The Bertz CT molecular complexity index is 277. The van der Waals surface area contributed by atoms with Crippen molar-refractivity contribution in [1.29, 1.82) is 0 Å². The molecule has 1 aliphatic carbocycles. The summed E-state index contributed by atoms with van der Waals surface area (Å²) in [6, 6.07) is 0.258. The van der Waals surface area contributed by atoms with Crippen molar-refractivity contribution >= 4 is 21.8 Å². The molecule has 0 aromatic carbocycles. The SMILES string of the molecule is CCC1(C(=O)NC(CCBr)C(C)(C)C)CCCC1. The molecule has 0 spiro atoms. The maximum atomic E-state index is 12.6. The van der Waals surface area contributed by atoms with E-state index in [0.717, 1.165) is 31.0 Å². The zero-order valence-corrected chi connectivity index (χ0v) is 13.9. The summed E-state index contributed by atoms with van der Waals surface area (Å²) in [6.45, 7) is 8.76. The van der Waals surface area contributed by atoms with Crippen LogP contribution < -0.4 is 5.32 Å². The minimum Gasteiger partial charge on any atom is -0.352 e. The largest absolute Gasteiger partial charge is 0.352 e. The van der Waals surface area contributed by atoms with Crippen LogP contribution in [-0.2, 0) is 4.79 Å². The second-order valence-electron chi connectivity index (χ2n) is 6.71. The Morgan fingerprint density at radius 1 is 1.33 bits per heavy atom. The fraction of sp³-hybridized carbons (Fsp3) is 0.933. The van der Waals surface area contributed by atoms with Gasteiger partial charge in [0.2, 0.25) is 5.91 Å². The molecule has 1 fully saturated rings. The van der Waals surface area contributed by atoms with Gasteiger partial charge in [0, 0.05) is 16.8 Å². The van der Waals surface area contributed by atoms with Crippen LogP contribution in [0.15, 0.2) is 0 Å². The minimum atomic E-state index is -0.0736. The van der Waals surface area contributed by atoms with E-state index < -0.39 is 0 Å². The van der Waals surface area contributed by atoms with E-state index in [1.54, 1.807) is 0 Å². The highest BCUT2D eigenvalue weighted by atomic mass is 79.9. The van der Waals surface area contributed by atoms with Gasteiger partial charge in [-0.05, 0) is 31.1 Å². The first-order valence-corrected chi connectivity index (χ1v) is 8.35. The van der Waals surface area contributed by atoms with E-state index in [-0.39, 0.29) is 16.9 Å². The molecule has 1 N–H and O–H groups in total. The van der Waals surface area contributed by atoms with Crippen LogP contribution in [0.2, 0.25) is 0 Å². The number of hydrogen-bond donors (Lipinski definition) is 1. The first-order valence-electron chi connectivity index (χ1n) is 7.22. The first kappa shape index (κ1) is 16.0. The number of hydrogen-bond acceptors (Lipinski definition) is 1. The predicted octanol–water partition coefficient (Wildman–Crippen LogP) is 4.27. The molecule has 1 saturated carbocycles. The van der Waals surface area contributed by atoms with Gasteiger partial charge in [0.25, 0.3) is 0 Å². The number of amides is 1. The summed E-state index contributed by atoms with van der Waals surface area (Å²) in [5.41, 5.74) is 0.0484. The van der Waals surface area contributed by atoms with Gasteiger partial charge in [-0.3, -0.25) is 4.79 Å². The summed E-state index contributed by atoms with van der Waals surface area (Å²) in [5.74, 6) is 0.295. The fourth-order valence-corrected chi connectivity index (χ4v) is 3.39. The van der Waals surface area contributed by atoms with Crippen LogP contribution in [0.5, 0.6) is 0 Å². The second-order valence-corrected chi connectivity index (χ2v) is 7.50. The molecule has 0 bridgehead atoms. The third-order valence-corrected chi connectivity index (χ3v) is 4.93. The third-order valence-electron chi connectivity index (χ3n) is 4.47. The summed E-state index contributed by atoms with van der Waals surface area (Å²) in [4.78, 5) is 12.6. The number of carbonyl (C=O) groups excluding carboxylic acids is 1. The summed E-state index contributed by atoms with van der Waals surface area (Å²) in [7, 11) is 0. The van der Waals surface area contributed by atoms with Crippen LogP contribution in [-0.4, -0.2) is 17.3 Å². The standard InChI is InChI=1S/C15H28BrNO/c1-5-15(9-6-7-10-15)13(18)17-12(8-11-16)14(2,3)4/h12H,5-11H2,1-4H3,(H,17,18). The lowest BCUT2D eigenvalue weighted by molar-refractivity contribution is -0.132. The van der Waals surface area contributed by atoms with E-state index in [1.807, 2.05) is 0 Å². The van der Waals surface area contributed by atoms with Gasteiger partial charge in [-0.1, -0.05) is 56.5 Å². The van der Waals surface area contributed by atoms with Crippen LogP contribution in [0, 0.1) is 10.8 Å². The van der Waals surface area contributed by atoms with Crippen LogP contribution in [0.4, 0.5) is 0 Å². The van der Waals surface area contributed by atoms with Gasteiger partial charge in [-0.2, -0.15) is 0 Å². The molecular weight excluding hydrogens is 290 g/mol. The van der Waals surface area contributed by atoms with Crippen molar-refractivity contribution < 1.29 is 4.79 Å². The molecule has 106 valence electrons. The molecular formula is C15H28BrNO. The molecule has 1 aliphatic rings. The lowest BCUT2D eigenvalue weighted by Crippen LogP contribution is -2.49. The Hall–Kier alpha value is -0.0500. The summed E-state index contributed by atoms with van der Waals surface area (Å²) < 4.78 is 0. The average Bonchev–Trinajstić information content (AvgIpc) is 2.76. The smallest absolute Gasteiger partial charge is 0.226 e. The molecule has 2 nitrogen and oxygen atoms in total. The topological polar surface area (TPSA) is 29.1 Å². The third kappa shape index (κ3) is 3.72. The molecule has 0 heterocycles. The van der Waals surface area contributed by atoms with Crippen molar-refractivity contribution in [2.45, 2.75) is 72.3 Å². The minimum absolute atomic E-state index is 0.0736. The highest BCUT2D eigenvalue weighted by molar-refractivity contribution is 9.09. The van der Waals surface area contributed by atoms with Gasteiger partial charge in [-0.15, -0.1) is 0 Å². The predicted molar refractivity (Wildman–Crippen MR) is 81.0 cm³/mol. The van der Waals surface area contributed by atoms with Crippen molar-refractivity contribution in [3.63, 3.8) is 0 Å². The van der Waals surface area contributed by atoms with E-state index in [1.165, 1.54) is 12.8 Å². The maximum absolute atomic E-state index is 12.6. The van der Waals surface area contributed by atoms with Crippen molar-refractivity contribution in [1.82, 2.24) is 5.32 Å². The Kier molecular flexibility index (Phi) is 5.69. The quantitative estimate of drug-likeness (QED) is 0.754. The van der Waals surface area contributed by atoms with Crippen LogP contribution in [0.1, 0.15) is 66.2 Å². The molecule has 1 atom stereocenters. The Labute approximate surface area is 120 Å². The number of rotatable bonds is 5. The molecule has 3 heteroatoms. The highest BCUT2D eigenvalue weighted by Crippen LogP contribution is 2.41. The normalized spacial score (nSPS) is 20.7. The molecule has 0 aliphatic heterocycles. The van der Waals surface area contributed by atoms with Gasteiger partial charge in [0.15, 0.2) is 0 Å². The maximum Gasteiger partial charge on any atom is 0.226 e. The average molecular weight is 318 g/mol. The number of halogens is 1. The number of alkyl halides is 1. The van der Waals surface area contributed by atoms with Crippen molar-refractivity contribution in [3.05, 3.63) is 0 Å². The molecule has 0 radical (unpaired) electrons. The molecule has 0 aromatic rings. The van der Waals surface area contributed by atoms with Crippen LogP contribution in [0.3, 0.4) is 0 Å². The van der Waals surface area contributed by atoms with Crippen molar-refractivity contribution in [3.8, 4) is 0 Å². The summed E-state index contributed by atoms with van der Waals surface area (Å²) in [6.07, 6.45) is 6.53. The molecule has 18 heavy (non-hydrogen) atoms. The van der Waals surface area contributed by atoms with Gasteiger partial charge < -0.3 is 5.32 Å². The van der Waals surface area contributed by atoms with Crippen molar-refractivity contribution in [2.24, 2.45) is 10.8 Å². The molecule has 0 aromatic heterocycles. The first-order chi connectivity index (χ1) is 8.35. The Balaban J connectivity index is 2.71.